The van der Waals surface area contributed by atoms with Crippen molar-refractivity contribution in [2.45, 2.75) is 92.7 Å². The molecule has 0 saturated heterocycles. The molecule has 4 nitrogen and oxygen atoms in total. The van der Waals surface area contributed by atoms with Crippen LogP contribution in [-0.2, 0) is 7.05 Å². The van der Waals surface area contributed by atoms with E-state index in [0.717, 1.165) is 66.5 Å². The van der Waals surface area contributed by atoms with E-state index in [1.54, 1.807) is 0 Å². The number of furan rings is 1. The number of para-hydroxylation sites is 1. The molecule has 0 spiro atoms. The second-order valence-corrected chi connectivity index (χ2v) is 20.0. The molecule has 3 aromatic carbocycles. The van der Waals surface area contributed by atoms with Crippen molar-refractivity contribution in [3.05, 3.63) is 94.9 Å². The van der Waals surface area contributed by atoms with Crippen LogP contribution in [0.25, 0.3) is 55.4 Å². The van der Waals surface area contributed by atoms with Crippen molar-refractivity contribution >= 4 is 35.5 Å². The summed E-state index contributed by atoms with van der Waals surface area (Å²) in [6, 6.07) is 17.2. The van der Waals surface area contributed by atoms with E-state index in [-0.39, 0.29) is 11.8 Å². The lowest BCUT2D eigenvalue weighted by molar-refractivity contribution is -0.660. The van der Waals surface area contributed by atoms with Gasteiger partial charge in [-0.2, -0.15) is 0 Å². The fourth-order valence-corrected chi connectivity index (χ4v) is 7.64. The van der Waals surface area contributed by atoms with E-state index in [1.807, 2.05) is 30.2 Å². The minimum absolute atomic E-state index is 0.200. The average molecular weight is 644 g/mol. The number of benzene rings is 3. The Kier molecular flexibility index (Phi) is 7.53. The minimum Gasteiger partial charge on any atom is -0.454 e. The summed E-state index contributed by atoms with van der Waals surface area (Å²) in [4.78, 5) is 9.52. The van der Waals surface area contributed by atoms with Gasteiger partial charge in [0.2, 0.25) is 5.69 Å². The second-order valence-electron chi connectivity index (χ2n) is 15.1. The third-order valence-corrected chi connectivity index (χ3v) is 11.0. The van der Waals surface area contributed by atoms with Crippen LogP contribution in [0.1, 0.15) is 91.2 Å². The van der Waals surface area contributed by atoms with E-state index in [1.165, 1.54) is 16.7 Å². The highest BCUT2D eigenvalue weighted by Crippen LogP contribution is 2.43. The molecular formula is C42H50N3OSi+. The van der Waals surface area contributed by atoms with Gasteiger partial charge in [0.05, 0.1) is 5.56 Å². The van der Waals surface area contributed by atoms with E-state index in [2.05, 4.69) is 117 Å². The molecule has 0 atom stereocenters. The highest BCUT2D eigenvalue weighted by Gasteiger charge is 2.27. The number of aromatic nitrogens is 3. The lowest BCUT2D eigenvalue weighted by Gasteiger charge is -2.24. The molecule has 0 N–H and O–H groups in total. The fraction of sp³-hybridized carbons (Fsp3) is 0.357. The fourth-order valence-electron chi connectivity index (χ4n) is 6.73. The van der Waals surface area contributed by atoms with Gasteiger partial charge in [-0.05, 0) is 64.9 Å². The SMILES string of the molecule is [2H]C([2H])([2H])c1c[n+](C)c(-c2c(C)ccc3c2oc2c(-c4cnc([Si](C)(C)C)nc4)cccc23)cc1-c1c(C(C)C)cc(C(C)C)cc1C(C)C. The molecule has 0 aliphatic heterocycles. The molecule has 242 valence electrons. The van der Waals surface area contributed by atoms with Gasteiger partial charge < -0.3 is 4.42 Å². The summed E-state index contributed by atoms with van der Waals surface area (Å²) in [6.45, 7) is 19.8. The zero-order valence-electron chi connectivity index (χ0n) is 32.8. The first-order valence-electron chi connectivity index (χ1n) is 18.4. The first kappa shape index (κ1) is 29.1. The zero-order valence-corrected chi connectivity index (χ0v) is 30.8. The highest BCUT2D eigenvalue weighted by atomic mass is 28.3. The van der Waals surface area contributed by atoms with Crippen molar-refractivity contribution in [1.82, 2.24) is 9.97 Å². The van der Waals surface area contributed by atoms with Crippen LogP contribution in [0.4, 0.5) is 0 Å². The maximum Gasteiger partial charge on any atom is 0.216 e. The summed E-state index contributed by atoms with van der Waals surface area (Å²) in [5.41, 5.74) is 13.0. The van der Waals surface area contributed by atoms with Gasteiger partial charge in [-0.15, -0.1) is 0 Å². The summed E-state index contributed by atoms with van der Waals surface area (Å²) >= 11 is 0. The minimum atomic E-state index is -2.31. The molecule has 5 heteroatoms. The van der Waals surface area contributed by atoms with Crippen molar-refractivity contribution in [2.24, 2.45) is 7.05 Å². The Balaban J connectivity index is 1.66. The lowest BCUT2D eigenvalue weighted by Crippen LogP contribution is -2.42. The Morgan fingerprint density at radius 2 is 1.38 bits per heavy atom. The third-order valence-electron chi connectivity index (χ3n) is 9.44. The van der Waals surface area contributed by atoms with Crippen LogP contribution in [0.15, 0.2) is 71.5 Å². The summed E-state index contributed by atoms with van der Waals surface area (Å²) in [5, 5.41) is 2.03. The summed E-state index contributed by atoms with van der Waals surface area (Å²) in [5.74, 6) is 0.755. The average Bonchev–Trinajstić information content (AvgIpc) is 3.42. The number of fused-ring (bicyclic) bond motifs is 3. The van der Waals surface area contributed by atoms with Gasteiger partial charge in [0.1, 0.15) is 31.7 Å². The van der Waals surface area contributed by atoms with Crippen molar-refractivity contribution in [3.8, 4) is 33.5 Å². The van der Waals surface area contributed by atoms with Gasteiger partial charge in [0, 0.05) is 50.0 Å². The molecule has 0 aliphatic carbocycles. The normalized spacial score (nSPS) is 13.6. The van der Waals surface area contributed by atoms with Crippen molar-refractivity contribution in [2.75, 3.05) is 0 Å². The van der Waals surface area contributed by atoms with E-state index < -0.39 is 14.9 Å². The Morgan fingerprint density at radius 1 is 0.745 bits per heavy atom. The van der Waals surface area contributed by atoms with Crippen LogP contribution in [0.3, 0.4) is 0 Å². The van der Waals surface area contributed by atoms with E-state index in [0.29, 0.717) is 11.5 Å². The Bertz CT molecular complexity index is 2210. The second kappa shape index (κ2) is 12.2. The van der Waals surface area contributed by atoms with Crippen LogP contribution in [0.5, 0.6) is 0 Å². The smallest absolute Gasteiger partial charge is 0.216 e. The highest BCUT2D eigenvalue weighted by molar-refractivity contribution is 6.87. The van der Waals surface area contributed by atoms with Gasteiger partial charge in [-0.3, -0.25) is 0 Å². The number of hydrogen-bond donors (Lipinski definition) is 0. The Labute approximate surface area is 286 Å². The summed E-state index contributed by atoms with van der Waals surface area (Å²) in [6.07, 6.45) is 5.64. The third kappa shape index (κ3) is 5.84. The van der Waals surface area contributed by atoms with Crippen molar-refractivity contribution in [1.29, 1.82) is 0 Å². The van der Waals surface area contributed by atoms with Crippen molar-refractivity contribution in [3.63, 3.8) is 0 Å². The maximum absolute atomic E-state index is 8.69. The number of hydrogen-bond acceptors (Lipinski definition) is 3. The monoisotopic (exact) mass is 643 g/mol. The predicted molar refractivity (Wildman–Crippen MR) is 202 cm³/mol. The molecule has 0 saturated carbocycles. The van der Waals surface area contributed by atoms with Crippen LogP contribution >= 0.6 is 0 Å². The van der Waals surface area contributed by atoms with E-state index in [4.69, 9.17) is 18.5 Å². The molecule has 0 bridgehead atoms. The predicted octanol–water partition coefficient (Wildman–Crippen LogP) is 10.7. The zero-order chi connectivity index (χ0) is 36.4. The molecule has 0 unspecified atom stereocenters. The van der Waals surface area contributed by atoms with Gasteiger partial charge >= 0.3 is 0 Å². The number of rotatable bonds is 7. The molecule has 47 heavy (non-hydrogen) atoms. The van der Waals surface area contributed by atoms with Gasteiger partial charge in [0.25, 0.3) is 0 Å². The maximum atomic E-state index is 8.69. The molecule has 0 radical (unpaired) electrons. The molecule has 3 heterocycles. The quantitative estimate of drug-likeness (QED) is 0.128. The number of nitrogens with zero attached hydrogens (tertiary/aromatic N) is 3. The lowest BCUT2D eigenvalue weighted by atomic mass is 9.80. The van der Waals surface area contributed by atoms with Gasteiger partial charge in [-0.1, -0.05) is 104 Å². The number of pyridine rings is 1. The van der Waals surface area contributed by atoms with Gasteiger partial charge in [-0.25, -0.2) is 14.5 Å². The van der Waals surface area contributed by atoms with E-state index in [9.17, 15) is 0 Å². The molecule has 0 amide bonds. The standard InChI is InChI=1S/C42H50N3OSi/c1-24(2)29-18-34(25(3)4)39(35(19-29)26(5)6)36-20-37(45(9)23-28(36)8)38-27(7)16-17-33-32-15-13-14-31(40(32)46-41(33)38)30-21-43-42(44-22-30)47(10,11)12/h13-26H,1-12H3/q+1/i8D3. The topological polar surface area (TPSA) is 42.8 Å². The number of aryl methyl sites for hydroxylation is 3. The van der Waals surface area contributed by atoms with E-state index >= 15 is 0 Å². The Hall–Kier alpha value is -4.09. The first-order valence-corrected chi connectivity index (χ1v) is 20.4. The van der Waals surface area contributed by atoms with Crippen molar-refractivity contribution < 1.29 is 13.1 Å². The Morgan fingerprint density at radius 3 is 1.96 bits per heavy atom. The van der Waals surface area contributed by atoms with Gasteiger partial charge in [0.15, 0.2) is 6.20 Å². The molecule has 3 aromatic heterocycles. The molecule has 6 aromatic rings. The van der Waals surface area contributed by atoms with Crippen LogP contribution in [0.2, 0.25) is 19.6 Å². The molecule has 0 aliphatic rings. The molecule has 6 rings (SSSR count). The van der Waals surface area contributed by atoms with Crippen LogP contribution in [-0.4, -0.2) is 18.0 Å². The van der Waals surface area contributed by atoms with Crippen LogP contribution < -0.4 is 10.0 Å². The molecule has 0 fully saturated rings. The summed E-state index contributed by atoms with van der Waals surface area (Å²) < 4.78 is 34.9. The first-order chi connectivity index (χ1) is 23.4. The summed E-state index contributed by atoms with van der Waals surface area (Å²) in [7, 11) is 0.287. The largest absolute Gasteiger partial charge is 0.454 e. The molecular weight excluding hydrogens is 591 g/mol. The van der Waals surface area contributed by atoms with Crippen LogP contribution in [0, 0.1) is 13.8 Å².